The summed E-state index contributed by atoms with van der Waals surface area (Å²) < 4.78 is 0. The smallest absolute Gasteiger partial charge is 0.303 e. The van der Waals surface area contributed by atoms with E-state index in [2.05, 4.69) is 32.9 Å². The molecule has 0 radical (unpaired) electrons. The number of carboxylic acid groups (broad SMARTS) is 1. The SMILES string of the molecule is C[C@H](CC(=O)O)[C@@H]1CC[C@@H]2[C@H]3C=C[C@H]4C[C@@H](O)CC[C@]4(C)[C@@H]3C[C@@H](O)[C@@]21C. The van der Waals surface area contributed by atoms with Gasteiger partial charge in [0.15, 0.2) is 0 Å². The average molecular weight is 377 g/mol. The number of carboxylic acids is 1. The van der Waals surface area contributed by atoms with Crippen LogP contribution < -0.4 is 0 Å². The Labute approximate surface area is 163 Å². The third-order valence-corrected chi connectivity index (χ3v) is 9.50. The van der Waals surface area contributed by atoms with E-state index >= 15 is 0 Å². The van der Waals surface area contributed by atoms with Crippen LogP contribution in [-0.2, 0) is 4.79 Å². The molecule has 0 bridgehead atoms. The Balaban J connectivity index is 1.64. The lowest BCUT2D eigenvalue weighted by Gasteiger charge is -2.60. The molecular weight excluding hydrogens is 340 g/mol. The lowest BCUT2D eigenvalue weighted by Crippen LogP contribution is -2.57. The molecule has 3 N–H and O–H groups in total. The number of hydrogen-bond acceptors (Lipinski definition) is 3. The van der Waals surface area contributed by atoms with Gasteiger partial charge in [0.25, 0.3) is 0 Å². The minimum atomic E-state index is -0.730. The van der Waals surface area contributed by atoms with Crippen LogP contribution in [-0.4, -0.2) is 33.5 Å². The van der Waals surface area contributed by atoms with Gasteiger partial charge in [-0.1, -0.05) is 32.9 Å². The molecule has 10 atom stereocenters. The van der Waals surface area contributed by atoms with Crippen molar-refractivity contribution in [1.82, 2.24) is 0 Å². The first-order valence-corrected chi connectivity index (χ1v) is 10.9. The van der Waals surface area contributed by atoms with Gasteiger partial charge in [-0.05, 0) is 84.9 Å². The zero-order valence-corrected chi connectivity index (χ0v) is 17.0. The molecule has 0 aliphatic heterocycles. The molecule has 0 aromatic rings. The Morgan fingerprint density at radius 1 is 1.11 bits per heavy atom. The van der Waals surface area contributed by atoms with Crippen molar-refractivity contribution >= 4 is 5.97 Å². The predicted octanol–water partition coefficient (Wildman–Crippen LogP) is 3.86. The summed E-state index contributed by atoms with van der Waals surface area (Å²) in [5.74, 6) is 1.46. The van der Waals surface area contributed by atoms with Crippen molar-refractivity contribution in [1.29, 1.82) is 0 Å². The number of aliphatic hydroxyl groups is 2. The maximum Gasteiger partial charge on any atom is 0.303 e. The van der Waals surface area contributed by atoms with Crippen molar-refractivity contribution in [3.8, 4) is 0 Å². The van der Waals surface area contributed by atoms with E-state index in [-0.39, 0.29) is 41.3 Å². The van der Waals surface area contributed by atoms with Crippen LogP contribution in [0.5, 0.6) is 0 Å². The van der Waals surface area contributed by atoms with Gasteiger partial charge in [-0.15, -0.1) is 0 Å². The lowest BCUT2D eigenvalue weighted by molar-refractivity contribution is -0.149. The van der Waals surface area contributed by atoms with Crippen molar-refractivity contribution in [3.05, 3.63) is 12.2 Å². The maximum absolute atomic E-state index is 11.4. The fraction of sp³-hybridized carbons (Fsp3) is 0.870. The van der Waals surface area contributed by atoms with Gasteiger partial charge in [0, 0.05) is 6.42 Å². The van der Waals surface area contributed by atoms with Crippen molar-refractivity contribution in [3.63, 3.8) is 0 Å². The Kier molecular flexibility index (Phi) is 4.74. The summed E-state index contributed by atoms with van der Waals surface area (Å²) in [5.41, 5.74) is -0.0104. The van der Waals surface area contributed by atoms with E-state index in [1.165, 1.54) is 0 Å². The van der Waals surface area contributed by atoms with Gasteiger partial charge < -0.3 is 15.3 Å². The van der Waals surface area contributed by atoms with Crippen LogP contribution in [0.25, 0.3) is 0 Å². The fourth-order valence-electron chi connectivity index (χ4n) is 7.95. The molecule has 0 amide bonds. The molecule has 0 spiro atoms. The van der Waals surface area contributed by atoms with E-state index < -0.39 is 5.97 Å². The molecule has 0 aromatic carbocycles. The van der Waals surface area contributed by atoms with Crippen LogP contribution in [0.3, 0.4) is 0 Å². The molecule has 3 fully saturated rings. The fourth-order valence-corrected chi connectivity index (χ4v) is 7.95. The van der Waals surface area contributed by atoms with Gasteiger partial charge in [0.05, 0.1) is 12.2 Å². The van der Waals surface area contributed by atoms with Crippen molar-refractivity contribution in [2.45, 2.75) is 77.9 Å². The minimum Gasteiger partial charge on any atom is -0.481 e. The van der Waals surface area contributed by atoms with E-state index in [1.807, 2.05) is 0 Å². The molecule has 4 heteroatoms. The second-order valence-corrected chi connectivity index (χ2v) is 10.6. The van der Waals surface area contributed by atoms with Crippen LogP contribution >= 0.6 is 0 Å². The molecule has 27 heavy (non-hydrogen) atoms. The Morgan fingerprint density at radius 2 is 1.85 bits per heavy atom. The zero-order valence-electron chi connectivity index (χ0n) is 17.0. The Bertz CT molecular complexity index is 630. The molecular formula is C23H36O4. The third-order valence-electron chi connectivity index (χ3n) is 9.50. The van der Waals surface area contributed by atoms with E-state index in [9.17, 15) is 20.1 Å². The minimum absolute atomic E-state index is 0.101. The summed E-state index contributed by atoms with van der Waals surface area (Å²) in [6.07, 6.45) is 10.2. The van der Waals surface area contributed by atoms with Crippen molar-refractivity contribution in [2.24, 2.45) is 46.3 Å². The molecule has 0 aromatic heterocycles. The van der Waals surface area contributed by atoms with Crippen LogP contribution in [0.1, 0.15) is 65.7 Å². The summed E-state index contributed by atoms with van der Waals surface area (Å²) in [6, 6.07) is 0. The number of rotatable bonds is 3. The molecule has 4 aliphatic rings. The normalized spacial score (nSPS) is 52.6. The van der Waals surface area contributed by atoms with Crippen LogP contribution in [0.4, 0.5) is 0 Å². The van der Waals surface area contributed by atoms with Gasteiger partial charge in [0.2, 0.25) is 0 Å². The van der Waals surface area contributed by atoms with Crippen LogP contribution in [0.2, 0.25) is 0 Å². The molecule has 4 nitrogen and oxygen atoms in total. The van der Waals surface area contributed by atoms with E-state index in [0.29, 0.717) is 23.7 Å². The van der Waals surface area contributed by atoms with Gasteiger partial charge in [-0.3, -0.25) is 4.79 Å². The molecule has 3 saturated carbocycles. The van der Waals surface area contributed by atoms with E-state index in [0.717, 1.165) is 38.5 Å². The first kappa shape index (κ1) is 19.4. The quantitative estimate of drug-likeness (QED) is 0.654. The summed E-state index contributed by atoms with van der Waals surface area (Å²) in [4.78, 5) is 11.3. The third kappa shape index (κ3) is 2.81. The van der Waals surface area contributed by atoms with Crippen molar-refractivity contribution < 1.29 is 20.1 Å². The van der Waals surface area contributed by atoms with Gasteiger partial charge in [-0.25, -0.2) is 0 Å². The van der Waals surface area contributed by atoms with E-state index in [4.69, 9.17) is 0 Å². The van der Waals surface area contributed by atoms with Crippen LogP contribution in [0, 0.1) is 46.3 Å². The monoisotopic (exact) mass is 376 g/mol. The first-order chi connectivity index (χ1) is 12.7. The average Bonchev–Trinajstić information content (AvgIpc) is 2.95. The number of carbonyl (C=O) groups is 1. The summed E-state index contributed by atoms with van der Waals surface area (Å²) in [5, 5.41) is 30.8. The molecule has 152 valence electrons. The highest BCUT2D eigenvalue weighted by Crippen LogP contribution is 2.66. The number of fused-ring (bicyclic) bond motifs is 5. The van der Waals surface area contributed by atoms with Crippen molar-refractivity contribution in [2.75, 3.05) is 0 Å². The topological polar surface area (TPSA) is 77.8 Å². The molecule has 4 rings (SSSR count). The highest BCUT2D eigenvalue weighted by molar-refractivity contribution is 5.67. The number of hydrogen-bond donors (Lipinski definition) is 3. The largest absolute Gasteiger partial charge is 0.481 e. The Morgan fingerprint density at radius 3 is 2.56 bits per heavy atom. The summed E-state index contributed by atoms with van der Waals surface area (Å²) in [7, 11) is 0. The highest BCUT2D eigenvalue weighted by Gasteiger charge is 2.62. The molecule has 0 heterocycles. The van der Waals surface area contributed by atoms with Crippen LogP contribution in [0.15, 0.2) is 12.2 Å². The Hall–Kier alpha value is -0.870. The molecule has 0 unspecified atom stereocenters. The zero-order chi connectivity index (χ0) is 19.6. The first-order valence-electron chi connectivity index (χ1n) is 10.9. The lowest BCUT2D eigenvalue weighted by atomic mass is 9.45. The van der Waals surface area contributed by atoms with E-state index in [1.54, 1.807) is 0 Å². The number of aliphatic hydroxyl groups excluding tert-OH is 2. The second kappa shape index (κ2) is 6.59. The number of aliphatic carboxylic acids is 1. The maximum atomic E-state index is 11.4. The van der Waals surface area contributed by atoms with Gasteiger partial charge in [0.1, 0.15) is 0 Å². The summed E-state index contributed by atoms with van der Waals surface area (Å²) in [6.45, 7) is 6.68. The predicted molar refractivity (Wildman–Crippen MR) is 104 cm³/mol. The summed E-state index contributed by atoms with van der Waals surface area (Å²) >= 11 is 0. The standard InChI is InChI=1S/C23H36O4/c1-13(10-21(26)27)17-6-7-18-16-5-4-14-11-15(24)8-9-22(14,2)19(16)12-20(25)23(17,18)3/h4-5,13-20,24-25H,6-12H2,1-3H3,(H,26,27)/t13-,14+,15+,16-,17+,18-,19-,20-,22+,23-/m1/s1. The number of allylic oxidation sites excluding steroid dienone is 2. The molecule has 4 aliphatic carbocycles. The second-order valence-electron chi connectivity index (χ2n) is 10.6. The highest BCUT2D eigenvalue weighted by atomic mass is 16.4. The van der Waals surface area contributed by atoms with Gasteiger partial charge >= 0.3 is 5.97 Å². The van der Waals surface area contributed by atoms with Gasteiger partial charge in [-0.2, -0.15) is 0 Å². The molecule has 0 saturated heterocycles.